The van der Waals surface area contributed by atoms with Crippen molar-refractivity contribution in [2.75, 3.05) is 438 Å². The summed E-state index contributed by atoms with van der Waals surface area (Å²) in [7, 11) is -23.2. The monoisotopic (exact) mass is 2250 g/mol. The van der Waals surface area contributed by atoms with Gasteiger partial charge in [-0.2, -0.15) is 0 Å². The second-order valence-electron chi connectivity index (χ2n) is 37.2. The van der Waals surface area contributed by atoms with Gasteiger partial charge in [0.2, 0.25) is 0 Å². The lowest BCUT2D eigenvalue weighted by molar-refractivity contribution is -0.0270. The quantitative estimate of drug-likeness (QED) is 0.0403. The van der Waals surface area contributed by atoms with E-state index in [0.29, 0.717) is 454 Å². The van der Waals surface area contributed by atoms with E-state index in [1.807, 2.05) is 0 Å². The lowest BCUT2D eigenvalue weighted by atomic mass is 10.5. The Balaban J connectivity index is 5.85. The van der Waals surface area contributed by atoms with Crippen molar-refractivity contribution >= 4 is 85.1 Å². The van der Waals surface area contributed by atoms with Crippen LogP contribution in [0.5, 0.6) is 0 Å². The SMILES string of the molecule is COCCOCCOCCOCCOCCOCCOCCOCCOCCOCCOCCC[Si](C)(O[Si](C)(C)C)O[Si](C)(CCCOCCOCCOCCOCCOCCOCCOCCOCCOCCOCCOC)O[Si](C)(CCCOCCOCCOCCOCCOCCOCCOCCOCCOCCOCCOC)O[Si](C)(C)O[Si](C)(C)O[Si](C)(C)O[Si](C)(C)O[Si](C)(C)O[Si](C)(C)C. The van der Waals surface area contributed by atoms with E-state index in [9.17, 15) is 0 Å². The highest BCUT2D eigenvalue weighted by atomic mass is 28.5. The minimum absolute atomic E-state index is 0.393. The van der Waals surface area contributed by atoms with Crippen LogP contribution in [-0.2, 0) is 193 Å². The summed E-state index contributed by atoms with van der Waals surface area (Å²) in [4.78, 5) is 0. The lowest BCUT2D eigenvalue weighted by Crippen LogP contribution is -2.63. The molecular formula is C91H204O42Si10. The third kappa shape index (κ3) is 107. The van der Waals surface area contributed by atoms with Crippen molar-refractivity contribution in [2.45, 2.75) is 162 Å². The van der Waals surface area contributed by atoms with Gasteiger partial charge < -0.3 is 193 Å². The highest BCUT2D eigenvalue weighted by Gasteiger charge is 2.53. The highest BCUT2D eigenvalue weighted by molar-refractivity contribution is 6.93. The number of ether oxygens (including phenoxy) is 33. The molecule has 0 aromatic rings. The Morgan fingerprint density at radius 1 is 0.105 bits per heavy atom. The molecule has 0 radical (unpaired) electrons. The van der Waals surface area contributed by atoms with Crippen LogP contribution in [-0.4, -0.2) is 523 Å². The average Bonchev–Trinajstić information content (AvgIpc) is 0.787. The maximum atomic E-state index is 7.81. The van der Waals surface area contributed by atoms with Crippen LogP contribution in [0.15, 0.2) is 0 Å². The Kier molecular flexibility index (Phi) is 97.3. The fraction of sp³-hybridized carbons (Fsp3) is 1.00. The van der Waals surface area contributed by atoms with Gasteiger partial charge in [0.05, 0.1) is 396 Å². The number of rotatable bonds is 120. The van der Waals surface area contributed by atoms with Crippen molar-refractivity contribution in [3.8, 4) is 0 Å². The molecule has 0 aliphatic heterocycles. The third-order valence-corrected chi connectivity index (χ3v) is 57.2. The zero-order valence-corrected chi connectivity index (χ0v) is 103. The molecule has 52 heteroatoms. The van der Waals surface area contributed by atoms with Gasteiger partial charge in [-0.1, -0.05) is 0 Å². The molecule has 42 nitrogen and oxygen atoms in total. The summed E-state index contributed by atoms with van der Waals surface area (Å²) in [5, 5.41) is 0. The molecule has 0 N–H and O–H groups in total. The fourth-order valence-electron chi connectivity index (χ4n) is 13.8. The Bertz CT molecular complexity index is 2670. The molecule has 0 fully saturated rings. The normalized spacial score (nSPS) is 14.1. The summed E-state index contributed by atoms with van der Waals surface area (Å²) >= 11 is 0. The fourth-order valence-corrected chi connectivity index (χ4v) is 64.4. The van der Waals surface area contributed by atoms with Crippen LogP contribution in [0, 0.1) is 0 Å². The van der Waals surface area contributed by atoms with Crippen LogP contribution >= 0.6 is 0 Å². The van der Waals surface area contributed by atoms with Gasteiger partial charge in [-0.15, -0.1) is 0 Å². The highest BCUT2D eigenvalue weighted by Crippen LogP contribution is 2.36. The second-order valence-corrected chi connectivity index (χ2v) is 75.3. The van der Waals surface area contributed by atoms with Crippen LogP contribution in [0.4, 0.5) is 0 Å². The number of hydrogen-bond acceptors (Lipinski definition) is 42. The predicted molar refractivity (Wildman–Crippen MR) is 567 cm³/mol. The molecule has 0 aromatic heterocycles. The van der Waals surface area contributed by atoms with Gasteiger partial charge in [0, 0.05) is 41.2 Å². The Morgan fingerprint density at radius 3 is 0.343 bits per heavy atom. The predicted octanol–water partition coefficient (Wildman–Crippen LogP) is 10.1. The zero-order chi connectivity index (χ0) is 105. The first-order valence-electron chi connectivity index (χ1n) is 51.6. The summed E-state index contributed by atoms with van der Waals surface area (Å²) in [6, 6.07) is 1.85. The van der Waals surface area contributed by atoms with Crippen molar-refractivity contribution in [3.63, 3.8) is 0 Å². The summed E-state index contributed by atoms with van der Waals surface area (Å²) < 4.78 is 251. The third-order valence-electron chi connectivity index (χ3n) is 18.5. The first-order chi connectivity index (χ1) is 68.5. The van der Waals surface area contributed by atoms with Crippen molar-refractivity contribution in [1.82, 2.24) is 0 Å². The average molecular weight is 2250 g/mol. The van der Waals surface area contributed by atoms with E-state index in [1.165, 1.54) is 0 Å². The molecule has 0 heterocycles. The van der Waals surface area contributed by atoms with E-state index in [2.05, 4.69) is 124 Å². The molecule has 0 bridgehead atoms. The van der Waals surface area contributed by atoms with Crippen LogP contribution in [0.1, 0.15) is 19.3 Å². The summed E-state index contributed by atoms with van der Waals surface area (Å²) in [5.41, 5.74) is 0. The summed E-state index contributed by atoms with van der Waals surface area (Å²) in [6.45, 7) is 70.3. The summed E-state index contributed by atoms with van der Waals surface area (Å²) in [6.07, 6.45) is 2.00. The first kappa shape index (κ1) is 143. The van der Waals surface area contributed by atoms with Gasteiger partial charge in [0.15, 0.2) is 16.6 Å². The molecule has 0 aliphatic rings. The molecule has 0 rings (SSSR count). The van der Waals surface area contributed by atoms with Crippen LogP contribution in [0.3, 0.4) is 0 Å². The van der Waals surface area contributed by atoms with E-state index in [-0.39, 0.29) is 0 Å². The number of hydrogen-bond donors (Lipinski definition) is 0. The van der Waals surface area contributed by atoms with Crippen molar-refractivity contribution in [3.05, 3.63) is 0 Å². The van der Waals surface area contributed by atoms with E-state index >= 15 is 0 Å². The van der Waals surface area contributed by atoms with E-state index < -0.39 is 85.1 Å². The largest absolute Gasteiger partial charge is 0.437 e. The van der Waals surface area contributed by atoms with Crippen molar-refractivity contribution < 1.29 is 193 Å². The van der Waals surface area contributed by atoms with Crippen molar-refractivity contribution in [2.24, 2.45) is 0 Å². The Morgan fingerprint density at radius 2 is 0.210 bits per heavy atom. The minimum atomic E-state index is -3.32. The van der Waals surface area contributed by atoms with Crippen LogP contribution < -0.4 is 0 Å². The minimum Gasteiger partial charge on any atom is -0.437 e. The Labute approximate surface area is 872 Å². The van der Waals surface area contributed by atoms with E-state index in [0.717, 1.165) is 0 Å². The number of methoxy groups -OCH3 is 3. The Hall–Kier alpha value is 0.489. The zero-order valence-electron chi connectivity index (χ0n) is 92.9. The van der Waals surface area contributed by atoms with Gasteiger partial charge in [-0.3, -0.25) is 0 Å². The second kappa shape index (κ2) is 97.0. The molecule has 0 spiro atoms. The smallest absolute Gasteiger partial charge is 0.317 e. The molecule has 0 saturated carbocycles. The van der Waals surface area contributed by atoms with Gasteiger partial charge in [-0.25, -0.2) is 0 Å². The van der Waals surface area contributed by atoms with E-state index in [4.69, 9.17) is 193 Å². The van der Waals surface area contributed by atoms with Crippen LogP contribution in [0.2, 0.25) is 143 Å². The molecule has 143 heavy (non-hydrogen) atoms. The van der Waals surface area contributed by atoms with Crippen LogP contribution in [0.25, 0.3) is 0 Å². The molecular weight excluding hydrogens is 2050 g/mol. The molecule has 0 amide bonds. The molecule has 0 aromatic carbocycles. The maximum Gasteiger partial charge on any atom is 0.317 e. The van der Waals surface area contributed by atoms with Gasteiger partial charge in [-0.05, 0) is 162 Å². The standard InChI is InChI=1S/C91H204O42Si10/c1-92-29-32-98-41-44-104-53-56-110-65-68-116-77-80-122-86-83-119-74-71-113-62-59-107-50-47-101-38-35-95-26-23-89-141(20,126-135(7,8)9)132-143(22,91-25-28-97-37-40-103-49-52-109-61-64-115-73-76-121-85-88-124-82-79-118-70-67-112-58-55-106-46-43-100-34-31-94-3)133-142(21,131-140(18,19)130-139(16,17)129-138(14,15)128-137(12,13)127-136(10,11)125-134(4,5)6)90-24-27-96-36-39-102-48-51-108-60-63-114-72-75-120-84-87-123-81-78-117-69-66-111-57-54-105-45-42-99-33-30-93-2/h23-91H2,1-22H3. The molecule has 0 saturated heterocycles. The molecule has 860 valence electrons. The molecule has 3 unspecified atom stereocenters. The maximum absolute atomic E-state index is 7.81. The topological polar surface area (TPSA) is 388 Å². The van der Waals surface area contributed by atoms with Crippen molar-refractivity contribution in [1.29, 1.82) is 0 Å². The first-order valence-corrected chi connectivity index (χ1v) is 80.1. The molecule has 0 aliphatic carbocycles. The van der Waals surface area contributed by atoms with Gasteiger partial charge in [0.25, 0.3) is 0 Å². The van der Waals surface area contributed by atoms with Gasteiger partial charge in [0.1, 0.15) is 0 Å². The summed E-state index contributed by atoms with van der Waals surface area (Å²) in [5.74, 6) is 0. The lowest BCUT2D eigenvalue weighted by Gasteiger charge is -2.46. The van der Waals surface area contributed by atoms with Gasteiger partial charge >= 0.3 is 68.5 Å². The van der Waals surface area contributed by atoms with E-state index in [1.54, 1.807) is 21.3 Å². The molecule has 3 atom stereocenters.